The maximum atomic E-state index is 9.36. The Bertz CT molecular complexity index is 166. The largest absolute Gasteiger partial charge is 0.388 e. The molecule has 0 amide bonds. The van der Waals surface area contributed by atoms with Crippen molar-refractivity contribution < 1.29 is 25.2 Å². The molecule has 0 bridgehead atoms. The van der Waals surface area contributed by atoms with Gasteiger partial charge in [-0.25, -0.2) is 0 Å². The first-order valence-corrected chi connectivity index (χ1v) is 4.01. The quantitative estimate of drug-likeness (QED) is 0.367. The molecule has 12 heavy (non-hydrogen) atoms. The number of aliphatic hydroxyl groups is 4. The van der Waals surface area contributed by atoms with Crippen molar-refractivity contribution in [2.75, 3.05) is 12.5 Å². The van der Waals surface area contributed by atoms with Crippen molar-refractivity contribution in [2.45, 2.75) is 24.1 Å². The van der Waals surface area contributed by atoms with Crippen molar-refractivity contribution >= 4 is 11.6 Å². The van der Waals surface area contributed by atoms with Gasteiger partial charge in [0.15, 0.2) is 0 Å². The van der Waals surface area contributed by atoms with Crippen LogP contribution in [0.1, 0.15) is 0 Å². The molecule has 0 unspecified atom stereocenters. The Kier molecular flexibility index (Phi) is 2.92. The summed E-state index contributed by atoms with van der Waals surface area (Å²) in [6, 6.07) is 0. The first-order chi connectivity index (χ1) is 5.51. The molecule has 72 valence electrons. The van der Waals surface area contributed by atoms with E-state index in [1.165, 1.54) is 0 Å². The van der Waals surface area contributed by atoms with Gasteiger partial charge in [-0.3, -0.25) is 0 Å². The van der Waals surface area contributed by atoms with E-state index in [4.69, 9.17) is 21.8 Å². The standard InChI is InChI=1S/C6H11ClO5/c7-2-6(11)5(10)4(9)3(8)1-12-6/h3-5,8-11H,1-2H2/t3-,4-,5+,6-/m1/s1. The monoisotopic (exact) mass is 198 g/mol. The van der Waals surface area contributed by atoms with E-state index >= 15 is 0 Å². The Morgan fingerprint density at radius 3 is 2.50 bits per heavy atom. The summed E-state index contributed by atoms with van der Waals surface area (Å²) in [6.07, 6.45) is -4.20. The third-order valence-electron chi connectivity index (χ3n) is 1.88. The predicted molar refractivity (Wildman–Crippen MR) is 39.6 cm³/mol. The molecule has 0 aromatic carbocycles. The van der Waals surface area contributed by atoms with Crippen LogP contribution in [0.2, 0.25) is 0 Å². The van der Waals surface area contributed by atoms with Gasteiger partial charge in [-0.05, 0) is 0 Å². The molecule has 0 saturated carbocycles. The fraction of sp³-hybridized carbons (Fsp3) is 1.00. The van der Waals surface area contributed by atoms with Crippen molar-refractivity contribution in [3.8, 4) is 0 Å². The fourth-order valence-corrected chi connectivity index (χ4v) is 1.24. The number of hydrogen-bond acceptors (Lipinski definition) is 5. The van der Waals surface area contributed by atoms with Crippen LogP contribution in [0.3, 0.4) is 0 Å². The van der Waals surface area contributed by atoms with Gasteiger partial charge in [0.1, 0.15) is 18.3 Å². The van der Waals surface area contributed by atoms with Crippen LogP contribution in [0.5, 0.6) is 0 Å². The highest BCUT2D eigenvalue weighted by Gasteiger charge is 2.47. The van der Waals surface area contributed by atoms with Crippen LogP contribution in [0.25, 0.3) is 0 Å². The Morgan fingerprint density at radius 1 is 1.42 bits per heavy atom. The average molecular weight is 199 g/mol. The normalized spacial score (nSPS) is 49.2. The zero-order valence-corrected chi connectivity index (χ0v) is 6.98. The maximum Gasteiger partial charge on any atom is 0.208 e. The molecular weight excluding hydrogens is 188 g/mol. The summed E-state index contributed by atoms with van der Waals surface area (Å²) in [6.45, 7) is -0.249. The van der Waals surface area contributed by atoms with Gasteiger partial charge in [0.2, 0.25) is 5.79 Å². The SMILES string of the molecule is O[C@@H]1[C@H](O)CO[C@](O)(CCl)[C@H]1O. The summed E-state index contributed by atoms with van der Waals surface area (Å²) in [5.74, 6) is -2.32. The topological polar surface area (TPSA) is 90.2 Å². The number of alkyl halides is 1. The number of rotatable bonds is 1. The van der Waals surface area contributed by atoms with Crippen LogP contribution in [-0.4, -0.2) is 57.0 Å². The smallest absolute Gasteiger partial charge is 0.208 e. The minimum Gasteiger partial charge on any atom is -0.388 e. The molecule has 1 fully saturated rings. The summed E-state index contributed by atoms with van der Waals surface area (Å²) < 4.78 is 4.67. The molecule has 4 atom stereocenters. The van der Waals surface area contributed by atoms with E-state index in [1.54, 1.807) is 0 Å². The highest BCUT2D eigenvalue weighted by atomic mass is 35.5. The average Bonchev–Trinajstić information content (AvgIpc) is 2.09. The Hall–Kier alpha value is 0.0900. The summed E-state index contributed by atoms with van der Waals surface area (Å²) in [5, 5.41) is 36.7. The summed E-state index contributed by atoms with van der Waals surface area (Å²) >= 11 is 5.30. The third kappa shape index (κ3) is 1.56. The van der Waals surface area contributed by atoms with Gasteiger partial charge in [0.05, 0.1) is 12.5 Å². The van der Waals surface area contributed by atoms with Crippen molar-refractivity contribution in [2.24, 2.45) is 0 Å². The van der Waals surface area contributed by atoms with Gasteiger partial charge in [0, 0.05) is 0 Å². The van der Waals surface area contributed by atoms with Crippen molar-refractivity contribution in [1.29, 1.82) is 0 Å². The van der Waals surface area contributed by atoms with Gasteiger partial charge in [0.25, 0.3) is 0 Å². The number of hydrogen-bond donors (Lipinski definition) is 4. The van der Waals surface area contributed by atoms with Crippen molar-refractivity contribution in [3.63, 3.8) is 0 Å². The molecular formula is C6H11ClO5. The van der Waals surface area contributed by atoms with Crippen LogP contribution in [0.4, 0.5) is 0 Å². The van der Waals surface area contributed by atoms with Gasteiger partial charge >= 0.3 is 0 Å². The molecule has 0 aromatic heterocycles. The lowest BCUT2D eigenvalue weighted by Crippen LogP contribution is -2.61. The van der Waals surface area contributed by atoms with Crippen LogP contribution >= 0.6 is 11.6 Å². The second-order valence-electron chi connectivity index (χ2n) is 2.79. The zero-order valence-electron chi connectivity index (χ0n) is 6.22. The molecule has 1 aliphatic rings. The third-order valence-corrected chi connectivity index (χ3v) is 2.26. The van der Waals surface area contributed by atoms with Crippen LogP contribution < -0.4 is 0 Å². The Morgan fingerprint density at radius 2 is 2.00 bits per heavy atom. The molecule has 6 heteroatoms. The molecule has 5 nitrogen and oxygen atoms in total. The van der Waals surface area contributed by atoms with Gasteiger partial charge in [-0.15, -0.1) is 11.6 Å². The van der Waals surface area contributed by atoms with E-state index in [0.29, 0.717) is 0 Å². The van der Waals surface area contributed by atoms with E-state index in [9.17, 15) is 10.2 Å². The number of ether oxygens (including phenoxy) is 1. The lowest BCUT2D eigenvalue weighted by molar-refractivity contribution is -0.310. The first kappa shape index (κ1) is 10.2. The highest BCUT2D eigenvalue weighted by molar-refractivity contribution is 6.18. The zero-order chi connectivity index (χ0) is 9.35. The van der Waals surface area contributed by atoms with E-state index in [-0.39, 0.29) is 12.5 Å². The van der Waals surface area contributed by atoms with Crippen LogP contribution in [0, 0.1) is 0 Å². The second-order valence-corrected chi connectivity index (χ2v) is 3.06. The summed E-state index contributed by atoms with van der Waals surface area (Å²) in [7, 11) is 0. The Labute approximate surface area is 74.2 Å². The molecule has 1 heterocycles. The summed E-state index contributed by atoms with van der Waals surface area (Å²) in [4.78, 5) is 0. The van der Waals surface area contributed by atoms with E-state index < -0.39 is 24.1 Å². The van der Waals surface area contributed by atoms with Gasteiger partial charge in [-0.2, -0.15) is 0 Å². The molecule has 1 saturated heterocycles. The summed E-state index contributed by atoms with van der Waals surface area (Å²) in [5.41, 5.74) is 0. The van der Waals surface area contributed by atoms with Crippen LogP contribution in [-0.2, 0) is 4.74 Å². The molecule has 0 radical (unpaired) electrons. The minimum atomic E-state index is -1.96. The minimum absolute atomic E-state index is 0.249. The number of aliphatic hydroxyl groups excluding tert-OH is 3. The van der Waals surface area contributed by atoms with E-state index in [0.717, 1.165) is 0 Å². The predicted octanol–water partition coefficient (Wildman–Crippen LogP) is -1.97. The van der Waals surface area contributed by atoms with Crippen molar-refractivity contribution in [3.05, 3.63) is 0 Å². The van der Waals surface area contributed by atoms with Gasteiger partial charge < -0.3 is 25.2 Å². The molecule has 0 spiro atoms. The fourth-order valence-electron chi connectivity index (χ4n) is 1.01. The number of halogens is 1. The highest BCUT2D eigenvalue weighted by Crippen LogP contribution is 2.24. The maximum absolute atomic E-state index is 9.36. The van der Waals surface area contributed by atoms with Gasteiger partial charge in [-0.1, -0.05) is 0 Å². The molecule has 1 rings (SSSR count). The van der Waals surface area contributed by atoms with E-state index in [2.05, 4.69) is 4.74 Å². The molecule has 4 N–H and O–H groups in total. The lowest BCUT2D eigenvalue weighted by Gasteiger charge is -2.40. The van der Waals surface area contributed by atoms with Crippen LogP contribution in [0.15, 0.2) is 0 Å². The lowest BCUT2D eigenvalue weighted by atomic mass is 9.98. The second kappa shape index (κ2) is 3.45. The molecule has 1 aliphatic heterocycles. The Balaban J connectivity index is 2.71. The first-order valence-electron chi connectivity index (χ1n) is 3.48. The van der Waals surface area contributed by atoms with Crippen molar-refractivity contribution in [1.82, 2.24) is 0 Å². The molecule has 0 aromatic rings. The van der Waals surface area contributed by atoms with E-state index in [1.807, 2.05) is 0 Å². The molecule has 0 aliphatic carbocycles.